The van der Waals surface area contributed by atoms with Crippen molar-refractivity contribution in [2.75, 3.05) is 12.3 Å². The smallest absolute Gasteiger partial charge is 0.238 e. The number of hydrogen-bond acceptors (Lipinski definition) is 4. The van der Waals surface area contributed by atoms with Crippen LogP contribution in [0.25, 0.3) is 0 Å². The van der Waals surface area contributed by atoms with Gasteiger partial charge in [-0.3, -0.25) is 4.79 Å². The highest BCUT2D eigenvalue weighted by Crippen LogP contribution is 2.21. The first kappa shape index (κ1) is 17.2. The Morgan fingerprint density at radius 3 is 2.59 bits per heavy atom. The molecule has 2 atom stereocenters. The fraction of sp³-hybridized carbons (Fsp3) is 0.533. The normalized spacial score (nSPS) is 20.7. The van der Waals surface area contributed by atoms with E-state index < -0.39 is 15.6 Å². The van der Waals surface area contributed by atoms with Crippen LogP contribution in [0.3, 0.4) is 0 Å². The van der Waals surface area contributed by atoms with E-state index >= 15 is 0 Å². The van der Waals surface area contributed by atoms with Gasteiger partial charge in [-0.25, -0.2) is 8.42 Å². The summed E-state index contributed by atoms with van der Waals surface area (Å²) in [5.41, 5.74) is 5.93. The number of likely N-dealkylation sites (tertiary alicyclic amines) is 1. The minimum absolute atomic E-state index is 0.0818. The molecule has 0 unspecified atom stereocenters. The van der Waals surface area contributed by atoms with Gasteiger partial charge in [0.25, 0.3) is 0 Å². The second kappa shape index (κ2) is 6.98. The first-order valence-electron chi connectivity index (χ1n) is 7.34. The lowest BCUT2D eigenvalue weighted by Crippen LogP contribution is -2.53. The number of hydrogen-bond donors (Lipinski definition) is 1. The van der Waals surface area contributed by atoms with Gasteiger partial charge in [0, 0.05) is 23.7 Å². The van der Waals surface area contributed by atoms with Crippen LogP contribution in [0.2, 0.25) is 5.02 Å². The van der Waals surface area contributed by atoms with Gasteiger partial charge < -0.3 is 10.6 Å². The lowest BCUT2D eigenvalue weighted by Gasteiger charge is -2.38. The molecule has 0 spiro atoms. The van der Waals surface area contributed by atoms with E-state index in [1.807, 2.05) is 6.92 Å². The zero-order valence-electron chi connectivity index (χ0n) is 12.5. The van der Waals surface area contributed by atoms with Crippen LogP contribution in [0.5, 0.6) is 0 Å². The molecule has 0 saturated carbocycles. The molecular weight excluding hydrogens is 324 g/mol. The van der Waals surface area contributed by atoms with Crippen LogP contribution in [0.15, 0.2) is 29.2 Å². The summed E-state index contributed by atoms with van der Waals surface area (Å²) in [6, 6.07) is 5.60. The van der Waals surface area contributed by atoms with E-state index in [2.05, 4.69) is 0 Å². The van der Waals surface area contributed by atoms with Crippen LogP contribution in [0, 0.1) is 0 Å². The highest BCUT2D eigenvalue weighted by Gasteiger charge is 2.32. The third-order valence-electron chi connectivity index (χ3n) is 3.96. The van der Waals surface area contributed by atoms with Gasteiger partial charge in [-0.05, 0) is 50.5 Å². The molecule has 0 aliphatic carbocycles. The zero-order valence-corrected chi connectivity index (χ0v) is 14.1. The summed E-state index contributed by atoms with van der Waals surface area (Å²) in [5, 5.41) is 0.457. The van der Waals surface area contributed by atoms with Gasteiger partial charge in [0.1, 0.15) is 5.75 Å². The van der Waals surface area contributed by atoms with Gasteiger partial charge in [0.05, 0.1) is 4.90 Å². The maximum Gasteiger partial charge on any atom is 0.238 e. The first-order chi connectivity index (χ1) is 10.3. The average molecular weight is 345 g/mol. The average Bonchev–Trinajstić information content (AvgIpc) is 2.47. The molecule has 5 nitrogen and oxygen atoms in total. The third-order valence-corrected chi connectivity index (χ3v) is 5.83. The van der Waals surface area contributed by atoms with Crippen molar-refractivity contribution in [2.24, 2.45) is 5.73 Å². The summed E-state index contributed by atoms with van der Waals surface area (Å²) >= 11 is 5.76. The number of nitrogens with zero attached hydrogens (tertiary/aromatic N) is 1. The van der Waals surface area contributed by atoms with Crippen LogP contribution in [0.1, 0.15) is 26.2 Å². The Morgan fingerprint density at radius 1 is 1.36 bits per heavy atom. The number of sulfone groups is 1. The molecule has 2 rings (SSSR count). The molecule has 1 aliphatic rings. The minimum Gasteiger partial charge on any atom is -0.337 e. The second-order valence-electron chi connectivity index (χ2n) is 5.72. The molecule has 1 saturated heterocycles. The van der Waals surface area contributed by atoms with E-state index in [9.17, 15) is 13.2 Å². The Labute approximate surface area is 136 Å². The number of amides is 1. The number of carbonyl (C=O) groups is 1. The van der Waals surface area contributed by atoms with E-state index in [-0.39, 0.29) is 22.9 Å². The van der Waals surface area contributed by atoms with Crippen LogP contribution < -0.4 is 5.73 Å². The van der Waals surface area contributed by atoms with Crippen molar-refractivity contribution in [2.45, 2.75) is 43.2 Å². The van der Waals surface area contributed by atoms with Crippen LogP contribution in [-0.2, 0) is 14.6 Å². The van der Waals surface area contributed by atoms with E-state index in [1.165, 1.54) is 24.3 Å². The maximum absolute atomic E-state index is 12.4. The number of carbonyl (C=O) groups excluding carboxylic acids is 1. The summed E-state index contributed by atoms with van der Waals surface area (Å²) in [6.07, 6.45) is 2.72. The monoisotopic (exact) mass is 344 g/mol. The van der Waals surface area contributed by atoms with E-state index in [1.54, 1.807) is 4.90 Å². The van der Waals surface area contributed by atoms with Crippen molar-refractivity contribution in [1.82, 2.24) is 4.90 Å². The standard InChI is InChI=1S/C15H21ClN2O3S/c1-11(17)14-4-2-3-9-18(14)15(19)10-22(20,21)13-7-5-12(16)6-8-13/h5-8,11,14H,2-4,9-10,17H2,1H3/t11-,14-/m1/s1. The molecule has 1 aromatic carbocycles. The third kappa shape index (κ3) is 4.00. The van der Waals surface area contributed by atoms with Crippen LogP contribution >= 0.6 is 11.6 Å². The van der Waals surface area contributed by atoms with E-state index in [0.717, 1.165) is 19.3 Å². The Balaban J connectivity index is 2.14. The molecular formula is C15H21ClN2O3S. The highest BCUT2D eigenvalue weighted by atomic mass is 35.5. The Bertz CT molecular complexity index is 629. The molecule has 0 bridgehead atoms. The van der Waals surface area contributed by atoms with Gasteiger partial charge in [-0.1, -0.05) is 11.6 Å². The molecule has 1 aliphatic heterocycles. The Kier molecular flexibility index (Phi) is 5.47. The largest absolute Gasteiger partial charge is 0.337 e. The van der Waals surface area contributed by atoms with Gasteiger partial charge >= 0.3 is 0 Å². The van der Waals surface area contributed by atoms with Crippen LogP contribution in [0.4, 0.5) is 0 Å². The minimum atomic E-state index is -3.67. The maximum atomic E-state index is 12.4. The first-order valence-corrected chi connectivity index (χ1v) is 9.37. The van der Waals surface area contributed by atoms with E-state index in [0.29, 0.717) is 11.6 Å². The SMILES string of the molecule is C[C@@H](N)[C@H]1CCCCN1C(=O)CS(=O)(=O)c1ccc(Cl)cc1. The Morgan fingerprint density at radius 2 is 2.00 bits per heavy atom. The van der Waals surface area contributed by atoms with Crippen molar-refractivity contribution in [3.05, 3.63) is 29.3 Å². The van der Waals surface area contributed by atoms with Gasteiger partial charge in [0.15, 0.2) is 9.84 Å². The van der Waals surface area contributed by atoms with E-state index in [4.69, 9.17) is 17.3 Å². The summed E-state index contributed by atoms with van der Waals surface area (Å²) in [4.78, 5) is 14.2. The fourth-order valence-corrected chi connectivity index (χ4v) is 4.12. The van der Waals surface area contributed by atoms with Gasteiger partial charge in [-0.15, -0.1) is 0 Å². The number of piperidine rings is 1. The second-order valence-corrected chi connectivity index (χ2v) is 8.15. The molecule has 0 aromatic heterocycles. The van der Waals surface area contributed by atoms with Crippen LogP contribution in [-0.4, -0.2) is 43.6 Å². The predicted molar refractivity (Wildman–Crippen MR) is 86.5 cm³/mol. The molecule has 1 aromatic rings. The number of nitrogens with two attached hydrogens (primary N) is 1. The highest BCUT2D eigenvalue weighted by molar-refractivity contribution is 7.92. The number of halogens is 1. The molecule has 0 radical (unpaired) electrons. The summed E-state index contributed by atoms with van der Waals surface area (Å²) in [7, 11) is -3.67. The van der Waals surface area contributed by atoms with Crippen molar-refractivity contribution in [1.29, 1.82) is 0 Å². The Hall–Kier alpha value is -1.11. The van der Waals surface area contributed by atoms with Gasteiger partial charge in [0.2, 0.25) is 5.91 Å². The zero-order chi connectivity index (χ0) is 16.3. The van der Waals surface area contributed by atoms with Gasteiger partial charge in [-0.2, -0.15) is 0 Å². The molecule has 7 heteroatoms. The fourth-order valence-electron chi connectivity index (χ4n) is 2.78. The lowest BCUT2D eigenvalue weighted by atomic mass is 9.97. The van der Waals surface area contributed by atoms with Crippen molar-refractivity contribution < 1.29 is 13.2 Å². The number of benzene rings is 1. The summed E-state index contributed by atoms with van der Waals surface area (Å²) in [5.74, 6) is -0.908. The lowest BCUT2D eigenvalue weighted by molar-refractivity contribution is -0.132. The molecule has 22 heavy (non-hydrogen) atoms. The quantitative estimate of drug-likeness (QED) is 0.903. The van der Waals surface area contributed by atoms with Crippen molar-refractivity contribution >= 4 is 27.3 Å². The predicted octanol–water partition coefficient (Wildman–Crippen LogP) is 1.84. The topological polar surface area (TPSA) is 80.5 Å². The molecule has 1 fully saturated rings. The summed E-state index contributed by atoms with van der Waals surface area (Å²) < 4.78 is 24.7. The molecule has 1 amide bonds. The summed E-state index contributed by atoms with van der Waals surface area (Å²) in [6.45, 7) is 2.42. The van der Waals surface area contributed by atoms with Crippen molar-refractivity contribution in [3.63, 3.8) is 0 Å². The molecule has 2 N–H and O–H groups in total. The van der Waals surface area contributed by atoms with Crippen molar-refractivity contribution in [3.8, 4) is 0 Å². The number of rotatable bonds is 4. The molecule has 122 valence electrons. The molecule has 1 heterocycles.